The fraction of sp³-hybridized carbons (Fsp3) is 0.600. The Morgan fingerprint density at radius 2 is 2.18 bits per heavy atom. The summed E-state index contributed by atoms with van der Waals surface area (Å²) in [5.74, 6) is 0. The summed E-state index contributed by atoms with van der Waals surface area (Å²) in [5.41, 5.74) is 0. The van der Waals surface area contributed by atoms with E-state index in [0.717, 1.165) is 0 Å². The summed E-state index contributed by atoms with van der Waals surface area (Å²) in [4.78, 5) is 20.7. The van der Waals surface area contributed by atoms with Crippen LogP contribution >= 0.6 is 22.6 Å². The van der Waals surface area contributed by atoms with Gasteiger partial charge in [0.05, 0.1) is 29.1 Å². The molecule has 0 radical (unpaired) electrons. The predicted octanol–water partition coefficient (Wildman–Crippen LogP) is 0.487. The quantitative estimate of drug-likeness (QED) is 0.446. The topological polar surface area (TPSA) is 67.4 Å². The normalized spacial score (nSPS) is 8.55. The van der Waals surface area contributed by atoms with E-state index in [1.165, 1.54) is 29.6 Å². The first kappa shape index (κ1) is 10.5. The Bertz CT molecular complexity index is 151. The van der Waals surface area contributed by atoms with E-state index in [9.17, 15) is 9.59 Å². The minimum absolute atomic E-state index is 0.204. The van der Waals surface area contributed by atoms with Crippen molar-refractivity contribution in [3.63, 3.8) is 0 Å². The number of amides is 2. The maximum Gasteiger partial charge on any atom is 0.367 e. The third-order valence-corrected chi connectivity index (χ3v) is 1.14. The van der Waals surface area contributed by atoms with Gasteiger partial charge in [-0.15, -0.1) is 0 Å². The van der Waals surface area contributed by atoms with Crippen LogP contribution in [0.2, 0.25) is 0 Å². The number of hydrogen-bond acceptors (Lipinski definition) is 3. The Hall–Kier alpha value is -0.530. The van der Waals surface area contributed by atoms with Crippen molar-refractivity contribution in [1.82, 2.24) is 10.6 Å². The molecule has 0 rings (SSSR count). The number of urea groups is 1. The van der Waals surface area contributed by atoms with Crippen LogP contribution < -0.4 is 10.6 Å². The van der Waals surface area contributed by atoms with Crippen molar-refractivity contribution in [1.29, 1.82) is 0 Å². The summed E-state index contributed by atoms with van der Waals surface area (Å²) in [7, 11) is 1.51. The second-order valence-electron chi connectivity index (χ2n) is 1.59. The fourth-order valence-corrected chi connectivity index (χ4v) is 0.604. The molecular formula is C5H9IN2O3. The van der Waals surface area contributed by atoms with E-state index in [4.69, 9.17) is 0 Å². The number of rotatable bonds is 3. The van der Waals surface area contributed by atoms with Crippen LogP contribution in [0.5, 0.6) is 0 Å². The lowest BCUT2D eigenvalue weighted by Crippen LogP contribution is -2.34. The van der Waals surface area contributed by atoms with E-state index in [1.54, 1.807) is 0 Å². The van der Waals surface area contributed by atoms with Crippen molar-refractivity contribution >= 4 is 32.6 Å². The molecule has 0 aromatic rings. The zero-order chi connectivity index (χ0) is 8.69. The van der Waals surface area contributed by atoms with Crippen LogP contribution in [-0.4, -0.2) is 30.2 Å². The zero-order valence-corrected chi connectivity index (χ0v) is 8.17. The van der Waals surface area contributed by atoms with E-state index >= 15 is 0 Å². The van der Waals surface area contributed by atoms with Gasteiger partial charge in [-0.25, -0.2) is 9.59 Å². The Kier molecular flexibility index (Phi) is 5.90. The fourth-order valence-electron chi connectivity index (χ4n) is 0.384. The van der Waals surface area contributed by atoms with E-state index < -0.39 is 0 Å². The van der Waals surface area contributed by atoms with Gasteiger partial charge >= 0.3 is 10.0 Å². The van der Waals surface area contributed by atoms with Crippen LogP contribution in [0.4, 0.5) is 9.59 Å². The molecule has 0 saturated heterocycles. The SMILES string of the molecule is CNC(=O)NCCOC(=O)I. The maximum absolute atomic E-state index is 10.5. The van der Waals surface area contributed by atoms with Gasteiger partial charge in [-0.05, 0) is 0 Å². The summed E-state index contributed by atoms with van der Waals surface area (Å²) in [5, 5.41) is 4.82. The van der Waals surface area contributed by atoms with Crippen molar-refractivity contribution in [2.75, 3.05) is 20.2 Å². The number of ether oxygens (including phenoxy) is 1. The highest BCUT2D eigenvalue weighted by Crippen LogP contribution is 1.89. The third kappa shape index (κ3) is 7.37. The first-order valence-electron chi connectivity index (χ1n) is 2.94. The van der Waals surface area contributed by atoms with Crippen LogP contribution in [0.1, 0.15) is 0 Å². The molecule has 0 fully saturated rings. The first-order valence-corrected chi connectivity index (χ1v) is 4.02. The minimum Gasteiger partial charge on any atom is -0.456 e. The smallest absolute Gasteiger partial charge is 0.367 e. The molecule has 5 nitrogen and oxygen atoms in total. The average Bonchev–Trinajstić information content (AvgIpc) is 1.97. The van der Waals surface area contributed by atoms with Crippen LogP contribution in [0.25, 0.3) is 0 Å². The van der Waals surface area contributed by atoms with Crippen molar-refractivity contribution in [2.24, 2.45) is 0 Å². The second-order valence-corrected chi connectivity index (χ2v) is 2.47. The first-order chi connectivity index (χ1) is 5.16. The Morgan fingerprint density at radius 1 is 1.55 bits per heavy atom. The van der Waals surface area contributed by atoms with E-state index in [0.29, 0.717) is 6.54 Å². The van der Waals surface area contributed by atoms with Gasteiger partial charge in [0.2, 0.25) is 0 Å². The lowest BCUT2D eigenvalue weighted by molar-refractivity contribution is 0.178. The summed E-state index contributed by atoms with van der Waals surface area (Å²) < 4.78 is 4.17. The Morgan fingerprint density at radius 3 is 2.64 bits per heavy atom. The minimum atomic E-state index is -0.374. The van der Waals surface area contributed by atoms with Crippen molar-refractivity contribution in [2.45, 2.75) is 0 Å². The highest BCUT2D eigenvalue weighted by Gasteiger charge is 1.96. The highest BCUT2D eigenvalue weighted by atomic mass is 127. The van der Waals surface area contributed by atoms with Gasteiger partial charge in [0.25, 0.3) is 0 Å². The van der Waals surface area contributed by atoms with Gasteiger partial charge in [-0.2, -0.15) is 0 Å². The molecule has 0 aromatic heterocycles. The molecular weight excluding hydrogens is 263 g/mol. The molecule has 0 spiro atoms. The molecule has 0 aromatic carbocycles. The number of carbonyl (C=O) groups is 2. The summed E-state index contributed by atoms with van der Waals surface area (Å²) in [6.45, 7) is 0.531. The van der Waals surface area contributed by atoms with Gasteiger partial charge in [0.1, 0.15) is 6.61 Å². The Labute approximate surface area is 78.0 Å². The summed E-state index contributed by atoms with van der Waals surface area (Å²) in [6.07, 6.45) is 0. The molecule has 0 saturated carbocycles. The summed E-state index contributed by atoms with van der Waals surface area (Å²) in [6, 6.07) is -0.283. The molecule has 0 aliphatic rings. The largest absolute Gasteiger partial charge is 0.456 e. The summed E-state index contributed by atoms with van der Waals surface area (Å²) >= 11 is 1.52. The van der Waals surface area contributed by atoms with Crippen molar-refractivity contribution in [3.8, 4) is 0 Å². The molecule has 0 aliphatic heterocycles. The lowest BCUT2D eigenvalue weighted by Gasteiger charge is -2.02. The molecule has 0 bridgehead atoms. The predicted molar refractivity (Wildman–Crippen MR) is 47.8 cm³/mol. The van der Waals surface area contributed by atoms with E-state index in [-0.39, 0.29) is 16.6 Å². The van der Waals surface area contributed by atoms with Crippen molar-refractivity contribution < 1.29 is 14.3 Å². The number of carbonyl (C=O) groups excluding carboxylic acids is 2. The van der Waals surface area contributed by atoms with Gasteiger partial charge in [-0.3, -0.25) is 0 Å². The monoisotopic (exact) mass is 272 g/mol. The molecule has 11 heavy (non-hydrogen) atoms. The number of nitrogens with one attached hydrogen (secondary N) is 2. The number of hydrogen-bond donors (Lipinski definition) is 2. The highest BCUT2D eigenvalue weighted by molar-refractivity contribution is 14.1. The van der Waals surface area contributed by atoms with E-state index in [2.05, 4.69) is 15.4 Å². The van der Waals surface area contributed by atoms with Crippen molar-refractivity contribution in [3.05, 3.63) is 0 Å². The number of halogens is 1. The standard InChI is InChI=1S/C5H9IN2O3/c1-7-5(10)8-2-3-11-4(6)9/h2-3H2,1H3,(H2,7,8,10). The second kappa shape index (κ2) is 6.20. The van der Waals surface area contributed by atoms with E-state index in [1.807, 2.05) is 0 Å². The lowest BCUT2D eigenvalue weighted by atomic mass is 10.7. The van der Waals surface area contributed by atoms with Crippen LogP contribution in [0.3, 0.4) is 0 Å². The average molecular weight is 272 g/mol. The molecule has 0 aliphatic carbocycles. The molecule has 0 atom stereocenters. The molecule has 64 valence electrons. The van der Waals surface area contributed by atoms with Gasteiger partial charge in [0, 0.05) is 7.05 Å². The Balaban J connectivity index is 3.14. The van der Waals surface area contributed by atoms with Gasteiger partial charge in [-0.1, -0.05) is 0 Å². The van der Waals surface area contributed by atoms with Crippen LogP contribution in [0, 0.1) is 0 Å². The molecule has 6 heteroatoms. The third-order valence-electron chi connectivity index (χ3n) is 0.830. The molecule has 0 heterocycles. The van der Waals surface area contributed by atoms with Crippen LogP contribution in [0.15, 0.2) is 0 Å². The zero-order valence-electron chi connectivity index (χ0n) is 6.02. The molecule has 2 amide bonds. The van der Waals surface area contributed by atoms with Gasteiger partial charge < -0.3 is 15.4 Å². The molecule has 2 N–H and O–H groups in total. The molecule has 0 unspecified atom stereocenters. The van der Waals surface area contributed by atoms with Crippen LogP contribution in [-0.2, 0) is 4.74 Å². The van der Waals surface area contributed by atoms with Gasteiger partial charge in [0.15, 0.2) is 0 Å². The maximum atomic E-state index is 10.5.